The Morgan fingerprint density at radius 3 is 1.28 bits per heavy atom. The number of esters is 2. The molecule has 0 aromatic carbocycles. The predicted octanol–water partition coefficient (Wildman–Crippen LogP) is 13.1. The van der Waals surface area contributed by atoms with E-state index >= 15 is 0 Å². The van der Waals surface area contributed by atoms with Crippen LogP contribution in [-0.2, 0) is 28.6 Å². The van der Waals surface area contributed by atoms with Crippen molar-refractivity contribution in [3.8, 4) is 0 Å². The van der Waals surface area contributed by atoms with Crippen LogP contribution in [0.25, 0.3) is 0 Å². The van der Waals surface area contributed by atoms with Crippen LogP contribution in [0.3, 0.4) is 0 Å². The zero-order valence-corrected chi connectivity index (χ0v) is 40.1. The molecule has 0 spiro atoms. The lowest BCUT2D eigenvalue weighted by atomic mass is 10.0. The molecule has 0 aromatic rings. The largest absolute Gasteiger partial charge is 0.544 e. The van der Waals surface area contributed by atoms with Crippen molar-refractivity contribution in [1.29, 1.82) is 0 Å². The van der Waals surface area contributed by atoms with Crippen LogP contribution < -0.4 is 5.11 Å². The highest BCUT2D eigenvalue weighted by Crippen LogP contribution is 2.16. The van der Waals surface area contributed by atoms with Gasteiger partial charge in [0.15, 0.2) is 6.10 Å². The Hall–Kier alpha value is -2.19. The lowest BCUT2D eigenvalue weighted by molar-refractivity contribution is -0.889. The number of ether oxygens (including phenoxy) is 3. The van der Waals surface area contributed by atoms with E-state index in [9.17, 15) is 19.5 Å². The molecule has 0 amide bonds. The normalized spacial score (nSPS) is 13.0. The number of likely N-dealkylation sites (N-methyl/N-ethyl adjacent to an activating group) is 1. The second kappa shape index (κ2) is 43.5. The quantitative estimate of drug-likeness (QED) is 0.0260. The molecule has 0 aliphatic carbocycles. The Morgan fingerprint density at radius 2 is 0.867 bits per heavy atom. The number of quaternary nitrogens is 1. The summed E-state index contributed by atoms with van der Waals surface area (Å²) in [6, 6.07) is -0.723. The summed E-state index contributed by atoms with van der Waals surface area (Å²) in [5.41, 5.74) is 0. The molecule has 0 rings (SSSR count). The SMILES string of the molecule is CCCCC/C=C/C=C/CCCCCCCCCCCCC(=O)OCC(COCCC(C(=O)[O-])[N+](C)(C)C)OC(=O)CCCCCCCCCCCCCCCCCCC. The van der Waals surface area contributed by atoms with Gasteiger partial charge >= 0.3 is 11.9 Å². The maximum Gasteiger partial charge on any atom is 0.306 e. The van der Waals surface area contributed by atoms with Crippen LogP contribution in [0.2, 0.25) is 0 Å². The van der Waals surface area contributed by atoms with Crippen LogP contribution >= 0.6 is 0 Å². The van der Waals surface area contributed by atoms with Crippen molar-refractivity contribution in [3.05, 3.63) is 24.3 Å². The van der Waals surface area contributed by atoms with Gasteiger partial charge in [0, 0.05) is 19.3 Å². The number of hydrogen-bond donors (Lipinski definition) is 0. The first-order chi connectivity index (χ1) is 29.1. The van der Waals surface area contributed by atoms with Crippen molar-refractivity contribution in [3.63, 3.8) is 0 Å². The van der Waals surface area contributed by atoms with E-state index in [0.29, 0.717) is 12.8 Å². The number of carbonyl (C=O) groups excluding carboxylic acids is 3. The third-order valence-corrected chi connectivity index (χ3v) is 11.6. The van der Waals surface area contributed by atoms with E-state index in [0.717, 1.165) is 38.5 Å². The highest BCUT2D eigenvalue weighted by molar-refractivity contribution is 5.70. The number of unbranched alkanes of at least 4 members (excludes halogenated alkanes) is 29. The summed E-state index contributed by atoms with van der Waals surface area (Å²) in [6.07, 6.45) is 49.1. The number of nitrogens with zero attached hydrogens (tertiary/aromatic N) is 1. The summed E-state index contributed by atoms with van der Waals surface area (Å²) in [5.74, 6) is -1.72. The van der Waals surface area contributed by atoms with E-state index in [2.05, 4.69) is 38.2 Å². The zero-order valence-electron chi connectivity index (χ0n) is 40.1. The summed E-state index contributed by atoms with van der Waals surface area (Å²) in [4.78, 5) is 37.0. The second-order valence-corrected chi connectivity index (χ2v) is 18.4. The van der Waals surface area contributed by atoms with Gasteiger partial charge in [-0.1, -0.05) is 205 Å². The number of aliphatic carboxylic acids is 1. The standard InChI is InChI=1S/C52H97NO7/c1-6-8-10-12-14-16-18-20-22-24-25-27-28-30-32-34-36-38-40-42-50(54)59-47-48(46-58-45-44-49(52(56)57)53(3,4)5)60-51(55)43-41-39-37-35-33-31-29-26-23-21-19-17-15-13-11-9-7-2/h14,16,18,20,48-49H,6-13,15,17,19,21-47H2,1-5H3/b16-14+,20-18+. The zero-order chi connectivity index (χ0) is 44.2. The molecule has 0 fully saturated rings. The van der Waals surface area contributed by atoms with Gasteiger partial charge in [-0.05, 0) is 38.5 Å². The fraction of sp³-hybridized carbons (Fsp3) is 0.865. The van der Waals surface area contributed by atoms with Crippen LogP contribution in [0.1, 0.15) is 239 Å². The predicted molar refractivity (Wildman–Crippen MR) is 250 cm³/mol. The van der Waals surface area contributed by atoms with Crippen molar-refractivity contribution >= 4 is 17.9 Å². The Morgan fingerprint density at radius 1 is 0.500 bits per heavy atom. The fourth-order valence-corrected chi connectivity index (χ4v) is 7.65. The van der Waals surface area contributed by atoms with Gasteiger partial charge < -0.3 is 28.6 Å². The molecule has 0 heterocycles. The van der Waals surface area contributed by atoms with Crippen molar-refractivity contribution in [2.24, 2.45) is 0 Å². The highest BCUT2D eigenvalue weighted by Gasteiger charge is 2.25. The number of carboxylic acids is 1. The maximum atomic E-state index is 12.8. The molecule has 60 heavy (non-hydrogen) atoms. The summed E-state index contributed by atoms with van der Waals surface area (Å²) in [7, 11) is 5.42. The van der Waals surface area contributed by atoms with Gasteiger partial charge in [0.1, 0.15) is 12.6 Å². The van der Waals surface area contributed by atoms with Crippen molar-refractivity contribution in [2.45, 2.75) is 251 Å². The summed E-state index contributed by atoms with van der Waals surface area (Å²) in [5, 5.41) is 11.7. The Labute approximate surface area is 371 Å². The molecule has 2 atom stereocenters. The molecule has 0 saturated heterocycles. The van der Waals surface area contributed by atoms with Crippen LogP contribution in [0.5, 0.6) is 0 Å². The van der Waals surface area contributed by atoms with Crippen LogP contribution in [-0.4, -0.2) is 75.5 Å². The van der Waals surface area contributed by atoms with Crippen LogP contribution in [0.4, 0.5) is 0 Å². The number of carbonyl (C=O) groups is 3. The number of rotatable bonds is 46. The average Bonchev–Trinajstić information content (AvgIpc) is 3.21. The van der Waals surface area contributed by atoms with Gasteiger partial charge in [0.2, 0.25) is 0 Å². The van der Waals surface area contributed by atoms with Gasteiger partial charge in [-0.25, -0.2) is 0 Å². The monoisotopic (exact) mass is 848 g/mol. The molecule has 8 nitrogen and oxygen atoms in total. The highest BCUT2D eigenvalue weighted by atomic mass is 16.6. The van der Waals surface area contributed by atoms with E-state index in [1.165, 1.54) is 167 Å². The molecule has 0 aliphatic rings. The Bertz CT molecular complexity index is 1040. The Balaban J connectivity index is 4.23. The minimum absolute atomic E-state index is 0.0445. The summed E-state index contributed by atoms with van der Waals surface area (Å²) in [6.45, 7) is 4.67. The molecule has 0 aromatic heterocycles. The van der Waals surface area contributed by atoms with E-state index < -0.39 is 18.1 Å². The van der Waals surface area contributed by atoms with Gasteiger partial charge in [0.05, 0.1) is 40.3 Å². The molecule has 0 aliphatic heterocycles. The minimum Gasteiger partial charge on any atom is -0.544 e. The van der Waals surface area contributed by atoms with Crippen LogP contribution in [0.15, 0.2) is 24.3 Å². The number of allylic oxidation sites excluding steroid dienone is 4. The topological polar surface area (TPSA) is 102 Å². The third-order valence-electron chi connectivity index (χ3n) is 11.6. The molecule has 0 radical (unpaired) electrons. The van der Waals surface area contributed by atoms with Crippen LogP contribution in [0, 0.1) is 0 Å². The van der Waals surface area contributed by atoms with Gasteiger partial charge in [0.25, 0.3) is 0 Å². The smallest absolute Gasteiger partial charge is 0.306 e. The molecular formula is C52H97NO7. The molecule has 2 unspecified atom stereocenters. The molecule has 0 bridgehead atoms. The first-order valence-corrected chi connectivity index (χ1v) is 25.4. The molecular weight excluding hydrogens is 751 g/mol. The third kappa shape index (κ3) is 41.2. The van der Waals surface area contributed by atoms with Gasteiger partial charge in [-0.2, -0.15) is 0 Å². The average molecular weight is 848 g/mol. The van der Waals surface area contributed by atoms with E-state index in [-0.39, 0.29) is 42.7 Å². The van der Waals surface area contributed by atoms with E-state index in [1.54, 1.807) is 0 Å². The molecule has 8 heteroatoms. The molecule has 0 saturated carbocycles. The molecule has 352 valence electrons. The first kappa shape index (κ1) is 57.8. The minimum atomic E-state index is -1.12. The van der Waals surface area contributed by atoms with Crippen molar-refractivity contribution < 1.29 is 38.2 Å². The lowest BCUT2D eigenvalue weighted by Crippen LogP contribution is -2.55. The van der Waals surface area contributed by atoms with E-state index in [1.807, 2.05) is 21.1 Å². The molecule has 0 N–H and O–H groups in total. The summed E-state index contributed by atoms with van der Waals surface area (Å²) < 4.78 is 17.2. The maximum absolute atomic E-state index is 12.8. The second-order valence-electron chi connectivity index (χ2n) is 18.4. The fourth-order valence-electron chi connectivity index (χ4n) is 7.65. The Kier molecular flexibility index (Phi) is 41.9. The van der Waals surface area contributed by atoms with Crippen molar-refractivity contribution in [2.75, 3.05) is 41.0 Å². The van der Waals surface area contributed by atoms with Gasteiger partial charge in [-0.3, -0.25) is 9.59 Å². The number of hydrogen-bond acceptors (Lipinski definition) is 7. The number of carboxylic acid groups (broad SMARTS) is 1. The van der Waals surface area contributed by atoms with Crippen molar-refractivity contribution in [1.82, 2.24) is 0 Å². The first-order valence-electron chi connectivity index (χ1n) is 25.4. The lowest BCUT2D eigenvalue weighted by Gasteiger charge is -2.34. The summed E-state index contributed by atoms with van der Waals surface area (Å²) >= 11 is 0. The van der Waals surface area contributed by atoms with Gasteiger partial charge in [-0.15, -0.1) is 0 Å². The van der Waals surface area contributed by atoms with E-state index in [4.69, 9.17) is 14.2 Å².